The second-order valence-electron chi connectivity index (χ2n) is 13.7. The summed E-state index contributed by atoms with van der Waals surface area (Å²) in [5.74, 6) is -6.13. The number of phenols is 1. The van der Waals surface area contributed by atoms with E-state index in [9.17, 15) is 58.3 Å². The number of phenolic OH excluding ortho intramolecular Hbond substituents is 1. The molecule has 0 saturated carbocycles. The number of ketones is 1. The summed E-state index contributed by atoms with van der Waals surface area (Å²) in [6, 6.07) is 4.02. The van der Waals surface area contributed by atoms with E-state index in [2.05, 4.69) is 26.3 Å². The molecular formula is C37H48FN11O11. The van der Waals surface area contributed by atoms with Crippen molar-refractivity contribution in [3.05, 3.63) is 102 Å². The number of aromatic amines is 1. The van der Waals surface area contributed by atoms with Gasteiger partial charge in [0.05, 0.1) is 42.9 Å². The number of nitrogens with one attached hydrogen (secondary N) is 5. The quantitative estimate of drug-likeness (QED) is 0.0128. The molecule has 22 nitrogen and oxygen atoms in total. The minimum atomic E-state index is -1.65. The van der Waals surface area contributed by atoms with Gasteiger partial charge in [-0.05, 0) is 48.9 Å². The first-order valence-electron chi connectivity index (χ1n) is 18.5. The van der Waals surface area contributed by atoms with Gasteiger partial charge in [-0.2, -0.15) is 4.39 Å². The van der Waals surface area contributed by atoms with E-state index in [-0.39, 0.29) is 48.6 Å². The molecule has 0 radical (unpaired) electrons. The molecule has 0 saturated heterocycles. The molecule has 5 atom stereocenters. The van der Waals surface area contributed by atoms with E-state index in [1.807, 2.05) is 0 Å². The number of guanidine groups is 1. The van der Waals surface area contributed by atoms with Gasteiger partial charge in [0.1, 0.15) is 17.8 Å². The number of carbonyl (C=O) groups excluding carboxylic acids is 5. The standard InChI is InChI=1S/C37H48FN11O11/c1-3-19(2)30(46-33(55)25(39)13-20-6-10-23(51)11-7-20)35(57)43-15-29(52)44-27(18-50)34(56)45-26(5-4-12-42-36(40)41)31(53)21-8-9-22(28(14-21)49(59)60)16-48-17-24(38)32(54)47-37(48)58/h6-11,14,17,19,25-27,30,50-51H,3-5,12-13,15-16,18,39H2,1-2H3,(H,43,57)(H,44,52)(H,45,56)(H,46,55)(H4,40,41,42)(H,47,54,58)/t19-,25-,26-,27-,30-/m0/s1. The predicted molar refractivity (Wildman–Crippen MR) is 213 cm³/mol. The van der Waals surface area contributed by atoms with Crippen molar-refractivity contribution in [2.45, 2.75) is 70.2 Å². The Morgan fingerprint density at radius 3 is 2.30 bits per heavy atom. The number of H-pyrrole nitrogens is 1. The normalized spacial score (nSPS) is 13.4. The largest absolute Gasteiger partial charge is 0.508 e. The monoisotopic (exact) mass is 841 g/mol. The van der Waals surface area contributed by atoms with Crippen LogP contribution in [0.1, 0.15) is 54.6 Å². The van der Waals surface area contributed by atoms with E-state index in [4.69, 9.17) is 17.2 Å². The van der Waals surface area contributed by atoms with E-state index in [0.717, 1.165) is 12.1 Å². The lowest BCUT2D eigenvalue weighted by Gasteiger charge is -2.25. The van der Waals surface area contributed by atoms with Crippen molar-refractivity contribution in [3.8, 4) is 5.75 Å². The summed E-state index contributed by atoms with van der Waals surface area (Å²) in [6.07, 6.45) is 1.10. The fourth-order valence-corrected chi connectivity index (χ4v) is 5.71. The molecule has 324 valence electrons. The molecule has 0 bridgehead atoms. The maximum absolute atomic E-state index is 13.9. The Labute approximate surface area is 341 Å². The number of aromatic nitrogens is 2. The number of nitro benzene ring substituents is 1. The number of nitrogens with zero attached hydrogens (tertiary/aromatic N) is 3. The highest BCUT2D eigenvalue weighted by Crippen LogP contribution is 2.23. The maximum atomic E-state index is 13.9. The Morgan fingerprint density at radius 2 is 1.68 bits per heavy atom. The molecule has 3 rings (SSSR count). The molecule has 23 heteroatoms. The third kappa shape index (κ3) is 13.8. The second-order valence-corrected chi connectivity index (χ2v) is 13.7. The lowest BCUT2D eigenvalue weighted by atomic mass is 9.97. The Balaban J connectivity index is 1.72. The molecule has 0 spiro atoms. The van der Waals surface area contributed by atoms with Crippen LogP contribution in [0.4, 0.5) is 10.1 Å². The first kappa shape index (κ1) is 47.4. The number of amides is 4. The molecule has 3 aromatic rings. The van der Waals surface area contributed by atoms with Crippen LogP contribution < -0.4 is 49.7 Å². The van der Waals surface area contributed by atoms with E-state index in [1.165, 1.54) is 18.2 Å². The number of nitrogens with two attached hydrogens (primary N) is 3. The smallest absolute Gasteiger partial charge is 0.328 e. The van der Waals surface area contributed by atoms with Crippen molar-refractivity contribution < 1.29 is 43.5 Å². The highest BCUT2D eigenvalue weighted by molar-refractivity contribution is 6.03. The molecule has 0 aliphatic rings. The fraction of sp³-hybridized carbons (Fsp3) is 0.405. The number of aliphatic hydroxyl groups is 1. The fourth-order valence-electron chi connectivity index (χ4n) is 5.71. The number of nitro groups is 1. The first-order chi connectivity index (χ1) is 28.3. The van der Waals surface area contributed by atoms with Crippen molar-refractivity contribution in [3.63, 3.8) is 0 Å². The number of carbonyl (C=O) groups is 5. The minimum Gasteiger partial charge on any atom is -0.508 e. The van der Waals surface area contributed by atoms with Crippen LogP contribution in [-0.2, 0) is 32.1 Å². The van der Waals surface area contributed by atoms with Crippen LogP contribution in [-0.4, -0.2) is 104 Å². The van der Waals surface area contributed by atoms with E-state index < -0.39 is 107 Å². The number of benzene rings is 2. The van der Waals surface area contributed by atoms with Gasteiger partial charge in [-0.3, -0.25) is 53.4 Å². The van der Waals surface area contributed by atoms with Crippen LogP contribution in [0.25, 0.3) is 0 Å². The summed E-state index contributed by atoms with van der Waals surface area (Å²) < 4.78 is 14.5. The summed E-state index contributed by atoms with van der Waals surface area (Å²) in [4.78, 5) is 106. The van der Waals surface area contributed by atoms with Crippen molar-refractivity contribution in [2.24, 2.45) is 28.1 Å². The summed E-state index contributed by atoms with van der Waals surface area (Å²) >= 11 is 0. The Morgan fingerprint density at radius 1 is 1.00 bits per heavy atom. The number of hydrogen-bond donors (Lipinski definition) is 10. The highest BCUT2D eigenvalue weighted by Gasteiger charge is 2.31. The average molecular weight is 842 g/mol. The van der Waals surface area contributed by atoms with E-state index in [1.54, 1.807) is 31.0 Å². The Bertz CT molecular complexity index is 2190. The second kappa shape index (κ2) is 22.2. The van der Waals surface area contributed by atoms with Crippen LogP contribution in [0.5, 0.6) is 5.75 Å². The number of aliphatic imine (C=N–C) groups is 1. The summed E-state index contributed by atoms with van der Waals surface area (Å²) in [6.45, 7) is 1.27. The lowest BCUT2D eigenvalue weighted by Crippen LogP contribution is -2.57. The summed E-state index contributed by atoms with van der Waals surface area (Å²) in [7, 11) is 0. The average Bonchev–Trinajstić information content (AvgIpc) is 3.21. The summed E-state index contributed by atoms with van der Waals surface area (Å²) in [5.41, 5.74) is 14.1. The van der Waals surface area contributed by atoms with Gasteiger partial charge in [0.25, 0.3) is 11.2 Å². The molecular weight excluding hydrogens is 793 g/mol. The number of aromatic hydroxyl groups is 1. The lowest BCUT2D eigenvalue weighted by molar-refractivity contribution is -0.385. The van der Waals surface area contributed by atoms with Gasteiger partial charge in [0, 0.05) is 23.7 Å². The zero-order valence-electron chi connectivity index (χ0n) is 32.7. The highest BCUT2D eigenvalue weighted by atomic mass is 19.1. The van der Waals surface area contributed by atoms with Crippen molar-refractivity contribution >= 4 is 41.1 Å². The molecule has 1 heterocycles. The molecule has 60 heavy (non-hydrogen) atoms. The third-order valence-corrected chi connectivity index (χ3v) is 9.23. The zero-order valence-corrected chi connectivity index (χ0v) is 32.7. The maximum Gasteiger partial charge on any atom is 0.328 e. The number of hydrogen-bond acceptors (Lipinski definition) is 13. The van der Waals surface area contributed by atoms with Crippen LogP contribution in [0.3, 0.4) is 0 Å². The molecule has 13 N–H and O–H groups in total. The molecule has 2 aromatic carbocycles. The van der Waals surface area contributed by atoms with Gasteiger partial charge >= 0.3 is 5.69 Å². The van der Waals surface area contributed by atoms with Crippen LogP contribution in [0, 0.1) is 21.8 Å². The van der Waals surface area contributed by atoms with E-state index in [0.29, 0.717) is 22.7 Å². The van der Waals surface area contributed by atoms with Gasteiger partial charge < -0.3 is 48.7 Å². The number of halogens is 1. The third-order valence-electron chi connectivity index (χ3n) is 9.23. The Kier molecular flexibility index (Phi) is 17.5. The van der Waals surface area contributed by atoms with Crippen LogP contribution in [0.15, 0.2) is 63.2 Å². The van der Waals surface area contributed by atoms with Crippen LogP contribution in [0.2, 0.25) is 0 Å². The van der Waals surface area contributed by atoms with Crippen LogP contribution >= 0.6 is 0 Å². The number of Topliss-reactive ketones (excluding diaryl/α,β-unsaturated/α-hetero) is 1. The van der Waals surface area contributed by atoms with Gasteiger partial charge in [-0.25, -0.2) is 4.79 Å². The molecule has 1 aromatic heterocycles. The van der Waals surface area contributed by atoms with Crippen molar-refractivity contribution in [1.29, 1.82) is 0 Å². The molecule has 0 aliphatic heterocycles. The minimum absolute atomic E-state index is 0.00780. The molecule has 4 amide bonds. The molecule has 0 unspecified atom stereocenters. The van der Waals surface area contributed by atoms with Gasteiger partial charge in [0.15, 0.2) is 11.7 Å². The first-order valence-corrected chi connectivity index (χ1v) is 18.5. The van der Waals surface area contributed by atoms with E-state index >= 15 is 0 Å². The van der Waals surface area contributed by atoms with Crippen molar-refractivity contribution in [1.82, 2.24) is 30.8 Å². The zero-order chi connectivity index (χ0) is 44.7. The SMILES string of the molecule is CC[C@H](C)[C@H](NC(=O)[C@@H](N)Cc1ccc(O)cc1)C(=O)NCC(=O)N[C@@H](CO)C(=O)N[C@@H](CCCN=C(N)N)C(=O)c1ccc(Cn2cc(F)c(=O)[nH]c2=O)c([N+](=O)[O-])c1. The summed E-state index contributed by atoms with van der Waals surface area (Å²) in [5, 5.41) is 41.2. The van der Waals surface area contributed by atoms with Gasteiger partial charge in [-0.1, -0.05) is 38.5 Å². The topological polar surface area (TPSA) is 362 Å². The van der Waals surface area contributed by atoms with Crippen molar-refractivity contribution in [2.75, 3.05) is 19.7 Å². The number of rotatable bonds is 22. The molecule has 0 aliphatic carbocycles. The van der Waals surface area contributed by atoms with Gasteiger partial charge in [-0.15, -0.1) is 0 Å². The predicted octanol–water partition coefficient (Wildman–Crippen LogP) is -2.25. The molecule has 0 fully saturated rings. The van der Waals surface area contributed by atoms with Gasteiger partial charge in [0.2, 0.25) is 29.4 Å². The Hall–Kier alpha value is -7.01. The number of aliphatic hydroxyl groups excluding tert-OH is 1.